The van der Waals surface area contributed by atoms with Crippen molar-refractivity contribution in [1.29, 1.82) is 0 Å². The molecule has 3 atom stereocenters. The van der Waals surface area contributed by atoms with Crippen molar-refractivity contribution in [3.63, 3.8) is 0 Å². The van der Waals surface area contributed by atoms with Crippen molar-refractivity contribution in [2.24, 2.45) is 5.92 Å². The van der Waals surface area contributed by atoms with Crippen LogP contribution in [0.5, 0.6) is 0 Å². The molecule has 4 rings (SSSR count). The number of carbonyl (C=O) groups excluding carboxylic acids is 1. The van der Waals surface area contributed by atoms with Gasteiger partial charge >= 0.3 is 0 Å². The Hall–Kier alpha value is -2.75. The number of halogens is 3. The monoisotopic (exact) mass is 574 g/mol. The lowest BCUT2D eigenvalue weighted by Gasteiger charge is -2.38. The predicted octanol–water partition coefficient (Wildman–Crippen LogP) is 5.82. The number of anilines is 1. The maximum Gasteiger partial charge on any atom is 0.256 e. The first kappa shape index (κ1) is 30.2. The zero-order valence-corrected chi connectivity index (χ0v) is 25.2. The zero-order chi connectivity index (χ0) is 29.4. The third-order valence-corrected chi connectivity index (χ3v) is 7.97. The van der Waals surface area contributed by atoms with Gasteiger partial charge in [-0.25, -0.2) is 19.2 Å². The van der Waals surface area contributed by atoms with Crippen LogP contribution in [0, 0.1) is 17.6 Å². The van der Waals surface area contributed by atoms with E-state index < -0.39 is 11.7 Å². The van der Waals surface area contributed by atoms with Crippen LogP contribution in [0.2, 0.25) is 5.02 Å². The number of allylic oxidation sites excluding steroid dienone is 1. The molecule has 1 aromatic carbocycles. The molecule has 1 amide bonds. The van der Waals surface area contributed by atoms with Crippen molar-refractivity contribution in [2.45, 2.75) is 78.2 Å². The van der Waals surface area contributed by atoms with E-state index in [-0.39, 0.29) is 45.8 Å². The molecule has 0 spiro atoms. The highest BCUT2D eigenvalue weighted by molar-refractivity contribution is 6.30. The van der Waals surface area contributed by atoms with Crippen LogP contribution in [0.25, 0.3) is 0 Å². The number of rotatable bonds is 7. The molecule has 7 nitrogen and oxygen atoms in total. The highest BCUT2D eigenvalue weighted by atomic mass is 35.5. The van der Waals surface area contributed by atoms with Crippen molar-refractivity contribution >= 4 is 23.3 Å². The molecule has 0 aliphatic carbocycles. The van der Waals surface area contributed by atoms with Crippen molar-refractivity contribution in [3.05, 3.63) is 69.5 Å². The third kappa shape index (κ3) is 6.75. The van der Waals surface area contributed by atoms with Gasteiger partial charge in [0.15, 0.2) is 5.82 Å². The number of hydrogen-bond donors (Lipinski definition) is 2. The number of nitrogens with zero attached hydrogens (tertiary/aromatic N) is 4. The van der Waals surface area contributed by atoms with E-state index in [0.29, 0.717) is 24.3 Å². The second-order valence-corrected chi connectivity index (χ2v) is 12.6. The van der Waals surface area contributed by atoms with Gasteiger partial charge in [0.1, 0.15) is 17.8 Å². The number of hydrogen-bond acceptors (Lipinski definition) is 6. The van der Waals surface area contributed by atoms with E-state index in [2.05, 4.69) is 53.3 Å². The average molecular weight is 575 g/mol. The first-order valence-electron chi connectivity index (χ1n) is 13.8. The number of piperidine rings is 1. The molecule has 40 heavy (non-hydrogen) atoms. The second kappa shape index (κ2) is 12.0. The van der Waals surface area contributed by atoms with Gasteiger partial charge in [-0.1, -0.05) is 23.7 Å². The van der Waals surface area contributed by atoms with Gasteiger partial charge in [-0.2, -0.15) is 0 Å². The minimum absolute atomic E-state index is 0.00536. The van der Waals surface area contributed by atoms with Crippen molar-refractivity contribution in [1.82, 2.24) is 25.2 Å². The summed E-state index contributed by atoms with van der Waals surface area (Å²) < 4.78 is 30.2. The molecule has 10 heteroatoms. The Labute approximate surface area is 241 Å². The standard InChI is InChI=1S/C30H41ClF2N6O/c1-18-13-20(11-12-38(18)17-21-9-8-10-23(31)27(21)32)15-24-28(33)22(29(40)37(6)7)16-25(34-24)35-26-14-19(2)39(36-26)30(3,4)5/h8-10,14,16,18,20,26,36H,11-13,15,17H2,1-7H3,(H,34,35)/t18-,20+,26?/m1/s1. The van der Waals surface area contributed by atoms with Gasteiger partial charge in [0.25, 0.3) is 5.91 Å². The second-order valence-electron chi connectivity index (χ2n) is 12.2. The maximum atomic E-state index is 15.7. The van der Waals surface area contributed by atoms with Gasteiger partial charge in [-0.15, -0.1) is 0 Å². The van der Waals surface area contributed by atoms with Gasteiger partial charge in [0.2, 0.25) is 0 Å². The largest absolute Gasteiger partial charge is 0.350 e. The Kier molecular flexibility index (Phi) is 9.07. The van der Waals surface area contributed by atoms with Gasteiger partial charge in [0, 0.05) is 43.5 Å². The lowest BCUT2D eigenvalue weighted by atomic mass is 9.87. The Morgan fingerprint density at radius 1 is 1.25 bits per heavy atom. The molecule has 0 radical (unpaired) electrons. The third-order valence-electron chi connectivity index (χ3n) is 7.68. The molecule has 1 unspecified atom stereocenters. The molecular formula is C30H41ClF2N6O. The summed E-state index contributed by atoms with van der Waals surface area (Å²) in [4.78, 5) is 21.2. The molecule has 0 bridgehead atoms. The van der Waals surface area contributed by atoms with Crippen LogP contribution in [0.3, 0.4) is 0 Å². The molecule has 1 saturated heterocycles. The van der Waals surface area contributed by atoms with E-state index in [4.69, 9.17) is 11.6 Å². The summed E-state index contributed by atoms with van der Waals surface area (Å²) >= 11 is 5.97. The zero-order valence-electron chi connectivity index (χ0n) is 24.5. The fourth-order valence-electron chi connectivity index (χ4n) is 5.64. The van der Waals surface area contributed by atoms with E-state index >= 15 is 4.39 Å². The molecule has 1 aromatic heterocycles. The molecule has 0 saturated carbocycles. The van der Waals surface area contributed by atoms with Crippen LogP contribution in [0.15, 0.2) is 36.0 Å². The molecule has 2 aliphatic rings. The SMILES string of the molecule is CC1=CC(Nc2cc(C(=O)N(C)C)c(F)c(C[C@H]3CCN(Cc4cccc(Cl)c4F)[C@H](C)C3)n2)NN1C(C)(C)C. The average Bonchev–Trinajstić information content (AvgIpc) is 3.25. The van der Waals surface area contributed by atoms with Crippen LogP contribution in [0.4, 0.5) is 14.6 Å². The Bertz CT molecular complexity index is 1280. The van der Waals surface area contributed by atoms with Crippen molar-refractivity contribution in [3.8, 4) is 0 Å². The van der Waals surface area contributed by atoms with E-state index in [1.54, 1.807) is 32.3 Å². The van der Waals surface area contributed by atoms with E-state index in [1.165, 1.54) is 11.0 Å². The minimum atomic E-state index is -0.567. The smallest absolute Gasteiger partial charge is 0.256 e. The number of benzene rings is 1. The molecule has 2 aliphatic heterocycles. The summed E-state index contributed by atoms with van der Waals surface area (Å²) in [7, 11) is 3.22. The van der Waals surface area contributed by atoms with E-state index in [1.807, 2.05) is 13.0 Å². The van der Waals surface area contributed by atoms with Crippen LogP contribution < -0.4 is 10.7 Å². The fraction of sp³-hybridized carbons (Fsp3) is 0.533. The molecule has 2 aromatic rings. The number of pyridine rings is 1. The summed E-state index contributed by atoms with van der Waals surface area (Å²) in [6.07, 6.45) is 3.84. The molecule has 3 heterocycles. The van der Waals surface area contributed by atoms with E-state index in [0.717, 1.165) is 25.1 Å². The predicted molar refractivity (Wildman–Crippen MR) is 156 cm³/mol. The minimum Gasteiger partial charge on any atom is -0.350 e. The lowest BCUT2D eigenvalue weighted by Crippen LogP contribution is -2.50. The molecule has 2 N–H and O–H groups in total. The summed E-state index contributed by atoms with van der Waals surface area (Å²) in [5.41, 5.74) is 5.21. The summed E-state index contributed by atoms with van der Waals surface area (Å²) in [5, 5.41) is 5.54. The Morgan fingerprint density at radius 2 is 1.98 bits per heavy atom. The quantitative estimate of drug-likeness (QED) is 0.435. The summed E-state index contributed by atoms with van der Waals surface area (Å²) in [6.45, 7) is 11.7. The summed E-state index contributed by atoms with van der Waals surface area (Å²) in [6, 6.07) is 6.74. The van der Waals surface area contributed by atoms with Crippen LogP contribution in [-0.2, 0) is 13.0 Å². The first-order valence-corrected chi connectivity index (χ1v) is 14.2. The number of aromatic nitrogens is 1. The van der Waals surface area contributed by atoms with Gasteiger partial charge in [0.05, 0.1) is 16.3 Å². The van der Waals surface area contributed by atoms with Crippen LogP contribution in [-0.4, -0.2) is 64.1 Å². The highest BCUT2D eigenvalue weighted by Gasteiger charge is 2.31. The number of nitrogens with one attached hydrogen (secondary N) is 2. The highest BCUT2D eigenvalue weighted by Crippen LogP contribution is 2.31. The number of likely N-dealkylation sites (tertiary alicyclic amines) is 1. The number of amides is 1. The first-order chi connectivity index (χ1) is 18.7. The lowest BCUT2D eigenvalue weighted by molar-refractivity contribution is 0.0822. The Balaban J connectivity index is 1.51. The molecule has 218 valence electrons. The number of carbonyl (C=O) groups is 1. The van der Waals surface area contributed by atoms with Crippen molar-refractivity contribution in [2.75, 3.05) is 26.0 Å². The van der Waals surface area contributed by atoms with Gasteiger partial charge < -0.3 is 15.2 Å². The summed E-state index contributed by atoms with van der Waals surface area (Å²) in [5.74, 6) is -0.723. The topological polar surface area (TPSA) is 63.7 Å². The van der Waals surface area contributed by atoms with E-state index in [9.17, 15) is 9.18 Å². The van der Waals surface area contributed by atoms with Crippen LogP contribution in [0.1, 0.15) is 69.1 Å². The molecule has 1 fully saturated rings. The van der Waals surface area contributed by atoms with Gasteiger partial charge in [-0.3, -0.25) is 9.69 Å². The van der Waals surface area contributed by atoms with Crippen molar-refractivity contribution < 1.29 is 13.6 Å². The van der Waals surface area contributed by atoms with Crippen LogP contribution >= 0.6 is 11.6 Å². The number of hydrazine groups is 1. The molecular weight excluding hydrogens is 534 g/mol. The fourth-order valence-corrected chi connectivity index (χ4v) is 5.83. The Morgan fingerprint density at radius 3 is 2.60 bits per heavy atom. The maximum absolute atomic E-state index is 15.7. The van der Waals surface area contributed by atoms with Gasteiger partial charge in [-0.05, 0) is 84.6 Å². The normalized spacial score (nSPS) is 21.9.